The van der Waals surface area contributed by atoms with Crippen molar-refractivity contribution in [3.63, 3.8) is 0 Å². The van der Waals surface area contributed by atoms with E-state index in [2.05, 4.69) is 4.98 Å². The van der Waals surface area contributed by atoms with Crippen molar-refractivity contribution in [1.82, 2.24) is 9.88 Å². The Bertz CT molecular complexity index is 551. The maximum atomic E-state index is 12.5. The SMILES string of the molecule is Cc1nc(CC2CC2)sc1C(=O)N1CCCC1C(=O)O. The van der Waals surface area contributed by atoms with Gasteiger partial charge in [-0.1, -0.05) is 0 Å². The average molecular weight is 294 g/mol. The van der Waals surface area contributed by atoms with Crippen molar-refractivity contribution in [3.8, 4) is 0 Å². The van der Waals surface area contributed by atoms with Gasteiger partial charge >= 0.3 is 5.97 Å². The van der Waals surface area contributed by atoms with Crippen LogP contribution in [-0.4, -0.2) is 39.5 Å². The number of hydrogen-bond acceptors (Lipinski definition) is 4. The first-order valence-electron chi connectivity index (χ1n) is 7.06. The van der Waals surface area contributed by atoms with Crippen LogP contribution in [0.4, 0.5) is 0 Å². The number of carboxylic acids is 1. The molecule has 1 saturated carbocycles. The molecule has 1 aromatic heterocycles. The van der Waals surface area contributed by atoms with Crippen molar-refractivity contribution < 1.29 is 14.7 Å². The molecule has 1 aliphatic heterocycles. The van der Waals surface area contributed by atoms with Gasteiger partial charge in [0.05, 0.1) is 10.7 Å². The van der Waals surface area contributed by atoms with E-state index in [1.54, 1.807) is 0 Å². The fourth-order valence-corrected chi connectivity index (χ4v) is 3.84. The first-order chi connectivity index (χ1) is 9.56. The molecule has 1 N–H and O–H groups in total. The van der Waals surface area contributed by atoms with E-state index in [0.717, 1.165) is 29.5 Å². The van der Waals surface area contributed by atoms with E-state index < -0.39 is 12.0 Å². The molecule has 1 amide bonds. The van der Waals surface area contributed by atoms with Crippen LogP contribution in [0.1, 0.15) is 46.1 Å². The zero-order valence-electron chi connectivity index (χ0n) is 11.5. The fraction of sp³-hybridized carbons (Fsp3) is 0.643. The van der Waals surface area contributed by atoms with Gasteiger partial charge in [-0.15, -0.1) is 11.3 Å². The van der Waals surface area contributed by atoms with Gasteiger partial charge in [-0.05, 0) is 38.5 Å². The standard InChI is InChI=1S/C14H18N2O3S/c1-8-12(20-11(15-8)7-9-4-5-9)13(17)16-6-2-3-10(16)14(18)19/h9-10H,2-7H2,1H3,(H,18,19). The summed E-state index contributed by atoms with van der Waals surface area (Å²) in [4.78, 5) is 30.3. The van der Waals surface area contributed by atoms with Crippen LogP contribution in [0.3, 0.4) is 0 Å². The molecule has 108 valence electrons. The van der Waals surface area contributed by atoms with E-state index >= 15 is 0 Å². The van der Waals surface area contributed by atoms with Crippen molar-refractivity contribution >= 4 is 23.2 Å². The summed E-state index contributed by atoms with van der Waals surface area (Å²) < 4.78 is 0. The summed E-state index contributed by atoms with van der Waals surface area (Å²) in [6, 6.07) is -0.670. The van der Waals surface area contributed by atoms with Crippen molar-refractivity contribution in [2.24, 2.45) is 5.92 Å². The lowest BCUT2D eigenvalue weighted by molar-refractivity contribution is -0.141. The molecular weight excluding hydrogens is 276 g/mol. The number of hydrogen-bond donors (Lipinski definition) is 1. The number of likely N-dealkylation sites (tertiary alicyclic amines) is 1. The van der Waals surface area contributed by atoms with Crippen LogP contribution < -0.4 is 0 Å². The quantitative estimate of drug-likeness (QED) is 0.923. The molecular formula is C14H18N2O3S. The number of nitrogens with zero attached hydrogens (tertiary/aromatic N) is 2. The highest BCUT2D eigenvalue weighted by molar-refractivity contribution is 7.13. The number of aromatic nitrogens is 1. The molecule has 1 unspecified atom stereocenters. The highest BCUT2D eigenvalue weighted by atomic mass is 32.1. The Labute approximate surface area is 121 Å². The number of carboxylic acid groups (broad SMARTS) is 1. The van der Waals surface area contributed by atoms with Crippen LogP contribution in [0, 0.1) is 12.8 Å². The van der Waals surface area contributed by atoms with Gasteiger partial charge < -0.3 is 10.0 Å². The zero-order chi connectivity index (χ0) is 14.3. The lowest BCUT2D eigenvalue weighted by atomic mass is 10.2. The van der Waals surface area contributed by atoms with Crippen LogP contribution in [-0.2, 0) is 11.2 Å². The molecule has 1 atom stereocenters. The molecule has 0 bridgehead atoms. The first-order valence-corrected chi connectivity index (χ1v) is 7.88. The number of aryl methyl sites for hydroxylation is 1. The predicted octanol–water partition coefficient (Wildman–Crippen LogP) is 2.09. The molecule has 1 aliphatic carbocycles. The van der Waals surface area contributed by atoms with Crippen LogP contribution in [0.25, 0.3) is 0 Å². The summed E-state index contributed by atoms with van der Waals surface area (Å²) in [5.41, 5.74) is 0.742. The van der Waals surface area contributed by atoms with Gasteiger partial charge in [-0.2, -0.15) is 0 Å². The van der Waals surface area contributed by atoms with Gasteiger partial charge in [-0.3, -0.25) is 4.79 Å². The summed E-state index contributed by atoms with van der Waals surface area (Å²) in [5, 5.41) is 10.2. The van der Waals surface area contributed by atoms with Crippen LogP contribution in [0.2, 0.25) is 0 Å². The molecule has 2 aliphatic rings. The van der Waals surface area contributed by atoms with Crippen LogP contribution in [0.5, 0.6) is 0 Å². The highest BCUT2D eigenvalue weighted by Gasteiger charge is 2.36. The van der Waals surface area contributed by atoms with E-state index in [1.165, 1.54) is 29.1 Å². The average Bonchev–Trinajstić information content (AvgIpc) is 2.93. The molecule has 3 rings (SSSR count). The molecule has 1 aromatic rings. The summed E-state index contributed by atoms with van der Waals surface area (Å²) in [7, 11) is 0. The number of aliphatic carboxylic acids is 1. The first kappa shape index (κ1) is 13.5. The molecule has 2 fully saturated rings. The van der Waals surface area contributed by atoms with E-state index in [9.17, 15) is 14.7 Å². The monoisotopic (exact) mass is 294 g/mol. The van der Waals surface area contributed by atoms with E-state index in [0.29, 0.717) is 17.8 Å². The number of thiazole rings is 1. The van der Waals surface area contributed by atoms with Crippen molar-refractivity contribution in [2.75, 3.05) is 6.54 Å². The van der Waals surface area contributed by atoms with Gasteiger partial charge in [-0.25, -0.2) is 9.78 Å². The van der Waals surface area contributed by atoms with E-state index in [-0.39, 0.29) is 5.91 Å². The Morgan fingerprint density at radius 2 is 2.15 bits per heavy atom. The lowest BCUT2D eigenvalue weighted by Crippen LogP contribution is -2.40. The summed E-state index contributed by atoms with van der Waals surface area (Å²) in [5.74, 6) is -0.328. The van der Waals surface area contributed by atoms with E-state index in [1.807, 2.05) is 6.92 Å². The second-order valence-corrected chi connectivity index (χ2v) is 6.75. The highest BCUT2D eigenvalue weighted by Crippen LogP contribution is 2.35. The summed E-state index contributed by atoms with van der Waals surface area (Å²) in [6.07, 6.45) is 4.79. The Hall–Kier alpha value is -1.43. The summed E-state index contributed by atoms with van der Waals surface area (Å²) >= 11 is 1.44. The normalized spacial score (nSPS) is 22.2. The second-order valence-electron chi connectivity index (χ2n) is 5.66. The van der Waals surface area contributed by atoms with Crippen molar-refractivity contribution in [2.45, 2.75) is 45.1 Å². The maximum absolute atomic E-state index is 12.5. The Kier molecular flexibility index (Phi) is 3.50. The van der Waals surface area contributed by atoms with Gasteiger partial charge in [0.25, 0.3) is 5.91 Å². The van der Waals surface area contributed by atoms with E-state index in [4.69, 9.17) is 0 Å². The zero-order valence-corrected chi connectivity index (χ0v) is 12.3. The molecule has 0 spiro atoms. The Balaban J connectivity index is 1.78. The molecule has 0 aromatic carbocycles. The van der Waals surface area contributed by atoms with Gasteiger partial charge in [0.15, 0.2) is 0 Å². The Morgan fingerprint density at radius 3 is 2.80 bits per heavy atom. The third kappa shape index (κ3) is 2.57. The van der Waals surface area contributed by atoms with Gasteiger partial charge in [0.1, 0.15) is 10.9 Å². The minimum Gasteiger partial charge on any atom is -0.480 e. The van der Waals surface area contributed by atoms with Gasteiger partial charge in [0, 0.05) is 13.0 Å². The number of carbonyl (C=O) groups excluding carboxylic acids is 1. The molecule has 1 saturated heterocycles. The van der Waals surface area contributed by atoms with Crippen LogP contribution >= 0.6 is 11.3 Å². The van der Waals surface area contributed by atoms with Crippen molar-refractivity contribution in [1.29, 1.82) is 0 Å². The number of rotatable bonds is 4. The van der Waals surface area contributed by atoms with Crippen molar-refractivity contribution in [3.05, 3.63) is 15.6 Å². The molecule has 5 nitrogen and oxygen atoms in total. The maximum Gasteiger partial charge on any atom is 0.326 e. The largest absolute Gasteiger partial charge is 0.480 e. The molecule has 6 heteroatoms. The third-order valence-electron chi connectivity index (χ3n) is 3.99. The topological polar surface area (TPSA) is 70.5 Å². The number of carbonyl (C=O) groups is 2. The molecule has 0 radical (unpaired) electrons. The summed E-state index contributed by atoms with van der Waals surface area (Å²) in [6.45, 7) is 2.37. The lowest BCUT2D eigenvalue weighted by Gasteiger charge is -2.20. The van der Waals surface area contributed by atoms with Crippen LogP contribution in [0.15, 0.2) is 0 Å². The second kappa shape index (κ2) is 5.16. The third-order valence-corrected chi connectivity index (χ3v) is 5.16. The van der Waals surface area contributed by atoms with Gasteiger partial charge in [0.2, 0.25) is 0 Å². The fourth-order valence-electron chi connectivity index (χ4n) is 2.70. The minimum absolute atomic E-state index is 0.160. The Morgan fingerprint density at radius 1 is 1.40 bits per heavy atom. The number of amides is 1. The molecule has 2 heterocycles. The predicted molar refractivity (Wildman–Crippen MR) is 75.0 cm³/mol. The smallest absolute Gasteiger partial charge is 0.326 e. The molecule has 20 heavy (non-hydrogen) atoms. The minimum atomic E-state index is -0.906.